The fourth-order valence-corrected chi connectivity index (χ4v) is 3.01. The molecule has 110 valence electrons. The molecule has 2 heterocycles. The Hall–Kier alpha value is -2.37. The topological polar surface area (TPSA) is 78.5 Å². The summed E-state index contributed by atoms with van der Waals surface area (Å²) in [5.41, 5.74) is 0.707. The van der Waals surface area contributed by atoms with E-state index in [2.05, 4.69) is 10.6 Å². The summed E-state index contributed by atoms with van der Waals surface area (Å²) in [6.45, 7) is 2.69. The first kappa shape index (κ1) is 13.6. The van der Waals surface area contributed by atoms with Gasteiger partial charge in [0.15, 0.2) is 0 Å². The number of carbonyl (C=O) groups is 3. The van der Waals surface area contributed by atoms with Crippen molar-refractivity contribution in [1.29, 1.82) is 0 Å². The second-order valence-electron chi connectivity index (χ2n) is 5.48. The highest BCUT2D eigenvalue weighted by Crippen LogP contribution is 2.26. The molecule has 1 aromatic rings. The van der Waals surface area contributed by atoms with Crippen LogP contribution in [0.25, 0.3) is 0 Å². The molecule has 3 rings (SSSR count). The summed E-state index contributed by atoms with van der Waals surface area (Å²) in [5.74, 6) is -0.426. The summed E-state index contributed by atoms with van der Waals surface area (Å²) in [6.07, 6.45) is 1.22. The van der Waals surface area contributed by atoms with E-state index in [1.165, 1.54) is 0 Å². The van der Waals surface area contributed by atoms with E-state index in [-0.39, 0.29) is 18.4 Å². The average molecular weight is 287 g/mol. The minimum Gasteiger partial charge on any atom is -0.336 e. The van der Waals surface area contributed by atoms with Gasteiger partial charge in [-0.25, -0.2) is 4.79 Å². The van der Waals surface area contributed by atoms with Gasteiger partial charge in [0.1, 0.15) is 5.54 Å². The minimum absolute atomic E-state index is 0.0849. The lowest BCUT2D eigenvalue weighted by atomic mass is 9.99. The fourth-order valence-electron chi connectivity index (χ4n) is 3.01. The van der Waals surface area contributed by atoms with Crippen molar-refractivity contribution in [1.82, 2.24) is 15.5 Å². The second kappa shape index (κ2) is 4.87. The molecule has 2 fully saturated rings. The Kier molecular flexibility index (Phi) is 3.16. The van der Waals surface area contributed by atoms with E-state index in [1.54, 1.807) is 11.0 Å². The first-order chi connectivity index (χ1) is 10.1. The normalized spacial score (nSPS) is 24.3. The number of nitrogens with zero attached hydrogens (tertiary/aromatic N) is 1. The van der Waals surface area contributed by atoms with Crippen LogP contribution in [0.2, 0.25) is 0 Å². The number of benzene rings is 1. The smallest absolute Gasteiger partial charge is 0.322 e. The zero-order valence-corrected chi connectivity index (χ0v) is 11.8. The zero-order valence-electron chi connectivity index (χ0n) is 11.8. The number of aryl methyl sites for hydroxylation is 1. The predicted molar refractivity (Wildman–Crippen MR) is 75.7 cm³/mol. The number of nitrogens with one attached hydrogen (secondary N) is 2. The van der Waals surface area contributed by atoms with E-state index < -0.39 is 11.6 Å². The third-order valence-electron chi connectivity index (χ3n) is 4.20. The van der Waals surface area contributed by atoms with Crippen LogP contribution in [0.3, 0.4) is 0 Å². The van der Waals surface area contributed by atoms with Gasteiger partial charge in [-0.05, 0) is 24.5 Å². The van der Waals surface area contributed by atoms with Gasteiger partial charge in [0.2, 0.25) is 0 Å². The number of rotatable bonds is 2. The van der Waals surface area contributed by atoms with Gasteiger partial charge >= 0.3 is 6.03 Å². The van der Waals surface area contributed by atoms with Crippen LogP contribution in [0.5, 0.6) is 0 Å². The Morgan fingerprint density at radius 2 is 2.10 bits per heavy atom. The van der Waals surface area contributed by atoms with Gasteiger partial charge in [-0.15, -0.1) is 0 Å². The van der Waals surface area contributed by atoms with Crippen molar-refractivity contribution in [3.63, 3.8) is 0 Å². The van der Waals surface area contributed by atoms with E-state index in [1.807, 2.05) is 25.1 Å². The molecule has 2 saturated heterocycles. The van der Waals surface area contributed by atoms with Gasteiger partial charge in [-0.1, -0.05) is 25.1 Å². The number of hydrogen-bond acceptors (Lipinski definition) is 3. The van der Waals surface area contributed by atoms with Crippen LogP contribution >= 0.6 is 0 Å². The van der Waals surface area contributed by atoms with E-state index >= 15 is 0 Å². The quantitative estimate of drug-likeness (QED) is 0.785. The van der Waals surface area contributed by atoms with Crippen molar-refractivity contribution < 1.29 is 14.4 Å². The predicted octanol–water partition coefficient (Wildman–Crippen LogP) is 0.673. The minimum atomic E-state index is -0.950. The van der Waals surface area contributed by atoms with Gasteiger partial charge in [0.25, 0.3) is 11.8 Å². The first-order valence-corrected chi connectivity index (χ1v) is 7.06. The third kappa shape index (κ3) is 2.16. The van der Waals surface area contributed by atoms with Crippen LogP contribution in [0.15, 0.2) is 24.3 Å². The van der Waals surface area contributed by atoms with E-state index in [4.69, 9.17) is 0 Å². The molecule has 1 spiro atoms. The molecule has 0 aliphatic carbocycles. The molecule has 2 aliphatic heterocycles. The van der Waals surface area contributed by atoms with Crippen LogP contribution in [-0.2, 0) is 11.2 Å². The molecule has 6 heteroatoms. The monoisotopic (exact) mass is 287 g/mol. The molecule has 6 nitrogen and oxygen atoms in total. The number of imide groups is 1. The van der Waals surface area contributed by atoms with Gasteiger partial charge < -0.3 is 10.2 Å². The summed E-state index contributed by atoms with van der Waals surface area (Å²) in [7, 11) is 0. The molecular weight excluding hydrogens is 270 g/mol. The van der Waals surface area contributed by atoms with E-state index in [9.17, 15) is 14.4 Å². The Morgan fingerprint density at radius 1 is 1.33 bits per heavy atom. The van der Waals surface area contributed by atoms with Crippen LogP contribution in [-0.4, -0.2) is 41.4 Å². The summed E-state index contributed by atoms with van der Waals surface area (Å²) >= 11 is 0. The molecule has 21 heavy (non-hydrogen) atoms. The largest absolute Gasteiger partial charge is 0.336 e. The van der Waals surface area contributed by atoms with Crippen LogP contribution in [0.4, 0.5) is 4.79 Å². The van der Waals surface area contributed by atoms with Crippen molar-refractivity contribution in [2.24, 2.45) is 0 Å². The van der Waals surface area contributed by atoms with Crippen molar-refractivity contribution in [2.75, 3.05) is 13.1 Å². The van der Waals surface area contributed by atoms with Gasteiger partial charge in [-0.2, -0.15) is 0 Å². The molecule has 0 bridgehead atoms. The highest BCUT2D eigenvalue weighted by Gasteiger charge is 2.51. The number of hydrogen-bond donors (Lipinski definition) is 2. The number of likely N-dealkylation sites (tertiary alicyclic amines) is 1. The zero-order chi connectivity index (χ0) is 15.0. The van der Waals surface area contributed by atoms with Crippen molar-refractivity contribution >= 4 is 17.8 Å². The Balaban J connectivity index is 1.82. The lowest BCUT2D eigenvalue weighted by Gasteiger charge is -2.21. The number of carbonyl (C=O) groups excluding carboxylic acids is 3. The maximum atomic E-state index is 12.6. The van der Waals surface area contributed by atoms with Crippen LogP contribution < -0.4 is 10.6 Å². The SMILES string of the molecule is CCc1ccccc1C(=O)N1CCC2(C1)NC(=O)NC2=O. The fraction of sp³-hybridized carbons (Fsp3) is 0.400. The molecule has 1 atom stereocenters. The van der Waals surface area contributed by atoms with Crippen molar-refractivity contribution in [2.45, 2.75) is 25.3 Å². The molecular formula is C15H17N3O3. The lowest BCUT2D eigenvalue weighted by molar-refractivity contribution is -0.123. The van der Waals surface area contributed by atoms with Crippen molar-refractivity contribution in [3.05, 3.63) is 35.4 Å². The highest BCUT2D eigenvalue weighted by atomic mass is 16.2. The van der Waals surface area contributed by atoms with E-state index in [0.717, 1.165) is 12.0 Å². The van der Waals surface area contributed by atoms with Crippen LogP contribution in [0.1, 0.15) is 29.3 Å². The Labute approximate surface area is 122 Å². The molecule has 4 amide bonds. The lowest BCUT2D eigenvalue weighted by Crippen LogP contribution is -2.49. The standard InChI is InChI=1S/C15H17N3O3/c1-2-10-5-3-4-6-11(10)12(19)18-8-7-15(9-18)13(20)16-14(21)17-15/h3-6H,2,7-9H2,1H3,(H2,16,17,20,21). The van der Waals surface area contributed by atoms with Crippen LogP contribution in [0, 0.1) is 0 Å². The third-order valence-corrected chi connectivity index (χ3v) is 4.20. The first-order valence-electron chi connectivity index (χ1n) is 7.06. The maximum Gasteiger partial charge on any atom is 0.322 e. The number of amides is 4. The molecule has 0 radical (unpaired) electrons. The average Bonchev–Trinajstić information content (AvgIpc) is 3.02. The van der Waals surface area contributed by atoms with E-state index in [0.29, 0.717) is 18.5 Å². The van der Waals surface area contributed by atoms with Gasteiger partial charge in [0.05, 0.1) is 6.54 Å². The van der Waals surface area contributed by atoms with Gasteiger partial charge in [0, 0.05) is 12.1 Å². The summed E-state index contributed by atoms with van der Waals surface area (Å²) in [5, 5.41) is 4.89. The highest BCUT2D eigenvalue weighted by molar-refractivity contribution is 6.08. The summed E-state index contributed by atoms with van der Waals surface area (Å²) < 4.78 is 0. The molecule has 0 aromatic heterocycles. The summed E-state index contributed by atoms with van der Waals surface area (Å²) in [4.78, 5) is 37.5. The second-order valence-corrected chi connectivity index (χ2v) is 5.48. The van der Waals surface area contributed by atoms with Crippen molar-refractivity contribution in [3.8, 4) is 0 Å². The molecule has 0 saturated carbocycles. The molecule has 1 unspecified atom stereocenters. The Morgan fingerprint density at radius 3 is 2.76 bits per heavy atom. The van der Waals surface area contributed by atoms with Gasteiger partial charge in [-0.3, -0.25) is 14.9 Å². The number of urea groups is 1. The Bertz CT molecular complexity index is 628. The molecule has 1 aromatic carbocycles. The molecule has 2 N–H and O–H groups in total. The summed E-state index contributed by atoms with van der Waals surface area (Å²) in [6, 6.07) is 7.00. The molecule has 2 aliphatic rings. The maximum absolute atomic E-state index is 12.6.